The third-order valence-corrected chi connectivity index (χ3v) is 2.33. The number of hydrogen-bond donors (Lipinski definition) is 1. The summed E-state index contributed by atoms with van der Waals surface area (Å²) in [6.45, 7) is 4.79. The molecule has 1 N–H and O–H groups in total. The summed E-state index contributed by atoms with van der Waals surface area (Å²) >= 11 is 0. The number of rotatable bonds is 1. The molecule has 0 fully saturated rings. The van der Waals surface area contributed by atoms with Crippen molar-refractivity contribution < 1.29 is 0 Å². The summed E-state index contributed by atoms with van der Waals surface area (Å²) in [4.78, 5) is 0. The van der Waals surface area contributed by atoms with Crippen LogP contribution in [0.15, 0.2) is 47.7 Å². The molecule has 0 aromatic carbocycles. The molecule has 1 aliphatic heterocycles. The molecule has 2 aliphatic rings. The Morgan fingerprint density at radius 1 is 1.42 bits per heavy atom. The average Bonchev–Trinajstić information content (AvgIpc) is 2.43. The van der Waals surface area contributed by atoms with Gasteiger partial charge in [-0.25, -0.2) is 0 Å². The maximum atomic E-state index is 3.76. The van der Waals surface area contributed by atoms with E-state index >= 15 is 0 Å². The molecular formula is C11H13N. The average molecular weight is 159 g/mol. The molecule has 0 aromatic rings. The van der Waals surface area contributed by atoms with Crippen LogP contribution in [0.5, 0.6) is 0 Å². The van der Waals surface area contributed by atoms with E-state index in [1.165, 1.54) is 11.1 Å². The second-order valence-corrected chi connectivity index (χ2v) is 3.11. The second-order valence-electron chi connectivity index (χ2n) is 3.11. The van der Waals surface area contributed by atoms with E-state index in [-0.39, 0.29) is 0 Å². The van der Waals surface area contributed by atoms with Gasteiger partial charge >= 0.3 is 0 Å². The molecule has 0 bridgehead atoms. The lowest BCUT2D eigenvalue weighted by Crippen LogP contribution is -2.11. The molecule has 0 radical (unpaired) electrons. The highest BCUT2D eigenvalue weighted by atomic mass is 14.9. The van der Waals surface area contributed by atoms with Gasteiger partial charge < -0.3 is 5.32 Å². The van der Waals surface area contributed by atoms with Crippen molar-refractivity contribution in [2.45, 2.75) is 12.8 Å². The molecule has 12 heavy (non-hydrogen) atoms. The number of fused-ring (bicyclic) bond motifs is 1. The van der Waals surface area contributed by atoms with Crippen molar-refractivity contribution in [3.05, 3.63) is 47.7 Å². The molecule has 1 aliphatic carbocycles. The Balaban J connectivity index is 2.32. The van der Waals surface area contributed by atoms with Crippen LogP contribution in [0.4, 0.5) is 0 Å². The van der Waals surface area contributed by atoms with Crippen LogP contribution in [0.2, 0.25) is 0 Å². The Bertz CT molecular complexity index is 292. The quantitative estimate of drug-likeness (QED) is 0.619. The molecule has 0 atom stereocenters. The van der Waals surface area contributed by atoms with Crippen molar-refractivity contribution in [3.63, 3.8) is 0 Å². The van der Waals surface area contributed by atoms with Gasteiger partial charge in [-0.2, -0.15) is 0 Å². The van der Waals surface area contributed by atoms with Crippen molar-refractivity contribution in [2.75, 3.05) is 6.54 Å². The van der Waals surface area contributed by atoms with E-state index in [4.69, 9.17) is 0 Å². The first kappa shape index (κ1) is 7.41. The maximum Gasteiger partial charge on any atom is 0.0340 e. The van der Waals surface area contributed by atoms with Gasteiger partial charge in [0.15, 0.2) is 0 Å². The number of nitrogens with one attached hydrogen (secondary N) is 1. The molecule has 1 nitrogen and oxygen atoms in total. The van der Waals surface area contributed by atoms with Gasteiger partial charge in [-0.15, -0.1) is 0 Å². The van der Waals surface area contributed by atoms with Crippen LogP contribution < -0.4 is 5.32 Å². The van der Waals surface area contributed by atoms with Crippen molar-refractivity contribution in [1.82, 2.24) is 5.32 Å². The summed E-state index contributed by atoms with van der Waals surface area (Å²) in [6, 6.07) is 0. The molecule has 0 saturated heterocycles. The minimum Gasteiger partial charge on any atom is -0.385 e. The van der Waals surface area contributed by atoms with Crippen molar-refractivity contribution in [1.29, 1.82) is 0 Å². The highest BCUT2D eigenvalue weighted by Gasteiger charge is 2.10. The Kier molecular flexibility index (Phi) is 1.86. The lowest BCUT2D eigenvalue weighted by molar-refractivity contribution is 0.819. The van der Waals surface area contributed by atoms with E-state index in [1.807, 2.05) is 6.08 Å². The predicted molar refractivity (Wildman–Crippen MR) is 51.7 cm³/mol. The van der Waals surface area contributed by atoms with Crippen LogP contribution >= 0.6 is 0 Å². The third-order valence-electron chi connectivity index (χ3n) is 2.33. The minimum absolute atomic E-state index is 1.03. The lowest BCUT2D eigenvalue weighted by Gasteiger charge is -2.00. The first-order valence-corrected chi connectivity index (χ1v) is 4.38. The van der Waals surface area contributed by atoms with E-state index in [1.54, 1.807) is 0 Å². The first-order valence-electron chi connectivity index (χ1n) is 4.38. The topological polar surface area (TPSA) is 12.0 Å². The summed E-state index contributed by atoms with van der Waals surface area (Å²) in [5, 5.41) is 3.32. The second kappa shape index (κ2) is 3.02. The Hall–Kier alpha value is -1.24. The summed E-state index contributed by atoms with van der Waals surface area (Å²) in [7, 11) is 0. The van der Waals surface area contributed by atoms with E-state index in [9.17, 15) is 0 Å². The van der Waals surface area contributed by atoms with Crippen LogP contribution in [-0.4, -0.2) is 6.54 Å². The smallest absolute Gasteiger partial charge is 0.0340 e. The molecule has 1 heterocycles. The molecule has 62 valence electrons. The van der Waals surface area contributed by atoms with Gasteiger partial charge in [-0.3, -0.25) is 0 Å². The Labute approximate surface area is 73.2 Å². The van der Waals surface area contributed by atoms with Crippen molar-refractivity contribution in [2.24, 2.45) is 0 Å². The first-order chi connectivity index (χ1) is 5.90. The van der Waals surface area contributed by atoms with Gasteiger partial charge in [0.05, 0.1) is 0 Å². The molecule has 2 rings (SSSR count). The fraction of sp³-hybridized carbons (Fsp3) is 0.273. The molecule has 0 aromatic heterocycles. The predicted octanol–water partition coefficient (Wildman–Crippen LogP) is 2.31. The Morgan fingerprint density at radius 2 is 2.33 bits per heavy atom. The van der Waals surface area contributed by atoms with Crippen LogP contribution in [-0.2, 0) is 0 Å². The standard InChI is InChI=1S/C11H13N/c1-2-11-8-10-5-3-4-9(10)6-7-12-11/h2,4-5,8,12H,1,3,6-7H2. The highest BCUT2D eigenvalue weighted by Crippen LogP contribution is 2.25. The third kappa shape index (κ3) is 1.22. The minimum atomic E-state index is 1.03. The Morgan fingerprint density at radius 3 is 3.17 bits per heavy atom. The molecular weight excluding hydrogens is 146 g/mol. The van der Waals surface area contributed by atoms with Gasteiger partial charge in [0.1, 0.15) is 0 Å². The lowest BCUT2D eigenvalue weighted by atomic mass is 10.1. The van der Waals surface area contributed by atoms with Crippen molar-refractivity contribution in [3.8, 4) is 0 Å². The molecule has 0 saturated carbocycles. The number of allylic oxidation sites excluding steroid dienone is 5. The van der Waals surface area contributed by atoms with Crippen LogP contribution in [0.25, 0.3) is 0 Å². The maximum absolute atomic E-state index is 3.76. The largest absolute Gasteiger partial charge is 0.385 e. The monoisotopic (exact) mass is 159 g/mol. The molecule has 0 spiro atoms. The summed E-state index contributed by atoms with van der Waals surface area (Å²) in [6.07, 6.45) is 10.9. The highest BCUT2D eigenvalue weighted by molar-refractivity contribution is 5.48. The van der Waals surface area contributed by atoms with Crippen LogP contribution in [0.3, 0.4) is 0 Å². The molecule has 1 heteroatoms. The van der Waals surface area contributed by atoms with Gasteiger partial charge in [0, 0.05) is 12.2 Å². The van der Waals surface area contributed by atoms with Crippen LogP contribution in [0.1, 0.15) is 12.8 Å². The SMILES string of the molecule is C=CC1=CC2=CCC=C2CCN1. The van der Waals surface area contributed by atoms with Gasteiger partial charge in [0.2, 0.25) is 0 Å². The molecule has 0 unspecified atom stereocenters. The van der Waals surface area contributed by atoms with E-state index < -0.39 is 0 Å². The fourth-order valence-corrected chi connectivity index (χ4v) is 1.67. The summed E-state index contributed by atoms with van der Waals surface area (Å²) in [5.41, 5.74) is 4.01. The number of hydrogen-bond acceptors (Lipinski definition) is 1. The van der Waals surface area contributed by atoms with Gasteiger partial charge in [-0.1, -0.05) is 18.7 Å². The fourth-order valence-electron chi connectivity index (χ4n) is 1.67. The normalized spacial score (nSPS) is 21.2. The van der Waals surface area contributed by atoms with E-state index in [0.717, 1.165) is 25.1 Å². The van der Waals surface area contributed by atoms with Gasteiger partial charge in [0.25, 0.3) is 0 Å². The summed E-state index contributed by atoms with van der Waals surface area (Å²) < 4.78 is 0. The van der Waals surface area contributed by atoms with Crippen LogP contribution in [0, 0.1) is 0 Å². The zero-order chi connectivity index (χ0) is 8.39. The molecule has 0 amide bonds. The zero-order valence-corrected chi connectivity index (χ0v) is 7.14. The van der Waals surface area contributed by atoms with E-state index in [0.29, 0.717) is 0 Å². The van der Waals surface area contributed by atoms with Gasteiger partial charge in [-0.05, 0) is 36.1 Å². The zero-order valence-electron chi connectivity index (χ0n) is 7.14. The summed E-state index contributed by atoms with van der Waals surface area (Å²) in [5.74, 6) is 0. The van der Waals surface area contributed by atoms with Crippen molar-refractivity contribution >= 4 is 0 Å². The van der Waals surface area contributed by atoms with E-state index in [2.05, 4.69) is 30.1 Å².